The number of thiophene rings is 1. The molecule has 5 nitrogen and oxygen atoms in total. The quantitative estimate of drug-likeness (QED) is 0.317. The Morgan fingerprint density at radius 1 is 1.23 bits per heavy atom. The van der Waals surface area contributed by atoms with Crippen LogP contribution >= 0.6 is 35.3 Å². The van der Waals surface area contributed by atoms with Crippen LogP contribution in [0.5, 0.6) is 0 Å². The van der Waals surface area contributed by atoms with Crippen molar-refractivity contribution in [3.8, 4) is 10.8 Å². The minimum Gasteiger partial charge on any atom is -0.443 e. The Morgan fingerprint density at radius 2 is 2.04 bits per heavy atom. The Labute approximate surface area is 175 Å². The number of oxazole rings is 1. The van der Waals surface area contributed by atoms with E-state index >= 15 is 0 Å². The average Bonchev–Trinajstić information content (AvgIpc) is 3.30. The third kappa shape index (κ3) is 5.57. The number of hydrogen-bond donors (Lipinski definition) is 1. The highest BCUT2D eigenvalue weighted by atomic mass is 127. The van der Waals surface area contributed by atoms with Crippen LogP contribution in [0.1, 0.15) is 18.2 Å². The molecule has 0 saturated carbocycles. The van der Waals surface area contributed by atoms with E-state index in [1.165, 1.54) is 5.56 Å². The predicted molar refractivity (Wildman–Crippen MR) is 118 cm³/mol. The lowest BCUT2D eigenvalue weighted by Crippen LogP contribution is -2.38. The minimum atomic E-state index is 0. The first-order valence-electron chi connectivity index (χ1n) is 8.28. The van der Waals surface area contributed by atoms with Gasteiger partial charge in [-0.15, -0.1) is 35.3 Å². The number of hydrogen-bond acceptors (Lipinski definition) is 4. The Balaban J connectivity index is 0.00000243. The lowest BCUT2D eigenvalue weighted by atomic mass is 10.2. The number of aromatic nitrogens is 1. The highest BCUT2D eigenvalue weighted by molar-refractivity contribution is 14.0. The summed E-state index contributed by atoms with van der Waals surface area (Å²) in [6, 6.07) is 14.4. The topological polar surface area (TPSA) is 53.7 Å². The van der Waals surface area contributed by atoms with E-state index in [1.54, 1.807) is 17.6 Å². The minimum absolute atomic E-state index is 0. The molecule has 0 atom stereocenters. The van der Waals surface area contributed by atoms with E-state index in [0.717, 1.165) is 29.6 Å². The molecule has 3 aromatic rings. The number of rotatable bonds is 6. The van der Waals surface area contributed by atoms with Gasteiger partial charge in [-0.05, 0) is 23.9 Å². The van der Waals surface area contributed by atoms with Gasteiger partial charge < -0.3 is 14.6 Å². The molecule has 0 spiro atoms. The summed E-state index contributed by atoms with van der Waals surface area (Å²) in [4.78, 5) is 12.3. The second-order valence-corrected chi connectivity index (χ2v) is 6.58. The lowest BCUT2D eigenvalue weighted by molar-refractivity contribution is 0.476. The normalized spacial score (nSPS) is 11.1. The largest absolute Gasteiger partial charge is 0.443 e. The van der Waals surface area contributed by atoms with Gasteiger partial charge in [-0.3, -0.25) is 0 Å². The van der Waals surface area contributed by atoms with Gasteiger partial charge >= 0.3 is 0 Å². The number of nitrogens with one attached hydrogen (secondary N) is 1. The number of aliphatic imine (C=N–C) groups is 1. The predicted octanol–water partition coefficient (Wildman–Crippen LogP) is 4.62. The summed E-state index contributed by atoms with van der Waals surface area (Å²) in [6.45, 7) is 4.16. The summed E-state index contributed by atoms with van der Waals surface area (Å²) in [5.41, 5.74) is 2.07. The SMILES string of the molecule is CCNC(=NCc1coc(-c2cccs2)n1)N(C)Cc1ccccc1.I. The fraction of sp³-hybridized carbons (Fsp3) is 0.263. The molecule has 2 heterocycles. The third-order valence-corrected chi connectivity index (χ3v) is 4.49. The van der Waals surface area contributed by atoms with Crippen molar-refractivity contribution in [3.05, 3.63) is 65.4 Å². The van der Waals surface area contributed by atoms with Crippen molar-refractivity contribution in [3.63, 3.8) is 0 Å². The van der Waals surface area contributed by atoms with E-state index in [-0.39, 0.29) is 24.0 Å². The van der Waals surface area contributed by atoms with Gasteiger partial charge in [0, 0.05) is 20.1 Å². The third-order valence-electron chi connectivity index (χ3n) is 3.63. The first kappa shape index (κ1) is 20.4. The van der Waals surface area contributed by atoms with Crippen LogP contribution in [0, 0.1) is 0 Å². The van der Waals surface area contributed by atoms with Crippen LogP contribution in [0.3, 0.4) is 0 Å². The second kappa shape index (κ2) is 10.3. The van der Waals surface area contributed by atoms with Gasteiger partial charge in [0.1, 0.15) is 12.0 Å². The number of halogens is 1. The van der Waals surface area contributed by atoms with E-state index in [4.69, 9.17) is 4.42 Å². The van der Waals surface area contributed by atoms with Gasteiger partial charge in [0.2, 0.25) is 5.89 Å². The molecular weight excluding hydrogens is 459 g/mol. The van der Waals surface area contributed by atoms with Gasteiger partial charge in [0.05, 0.1) is 11.4 Å². The summed E-state index contributed by atoms with van der Waals surface area (Å²) >= 11 is 1.62. The molecule has 1 N–H and O–H groups in total. The summed E-state index contributed by atoms with van der Waals surface area (Å²) in [5, 5.41) is 5.34. The molecule has 7 heteroatoms. The van der Waals surface area contributed by atoms with Gasteiger partial charge in [0.25, 0.3) is 0 Å². The molecule has 0 unspecified atom stereocenters. The van der Waals surface area contributed by atoms with Crippen molar-refractivity contribution >= 4 is 41.3 Å². The van der Waals surface area contributed by atoms with Crippen LogP contribution in [0.25, 0.3) is 10.8 Å². The van der Waals surface area contributed by atoms with Crippen LogP contribution in [-0.2, 0) is 13.1 Å². The smallest absolute Gasteiger partial charge is 0.236 e. The first-order valence-corrected chi connectivity index (χ1v) is 9.16. The maximum atomic E-state index is 5.55. The van der Waals surface area contributed by atoms with Gasteiger partial charge in [0.15, 0.2) is 5.96 Å². The molecule has 0 fully saturated rings. The van der Waals surface area contributed by atoms with E-state index in [1.807, 2.05) is 30.6 Å². The molecule has 0 aliphatic rings. The molecule has 0 saturated heterocycles. The van der Waals surface area contributed by atoms with E-state index in [2.05, 4.69) is 51.4 Å². The molecule has 138 valence electrons. The second-order valence-electron chi connectivity index (χ2n) is 5.63. The van der Waals surface area contributed by atoms with Crippen LogP contribution in [0.15, 0.2) is 63.5 Å². The average molecular weight is 482 g/mol. The maximum absolute atomic E-state index is 5.55. The Kier molecular flexibility index (Phi) is 8.11. The highest BCUT2D eigenvalue weighted by Crippen LogP contribution is 2.23. The van der Waals surface area contributed by atoms with E-state index in [9.17, 15) is 0 Å². The molecule has 0 bridgehead atoms. The summed E-state index contributed by atoms with van der Waals surface area (Å²) < 4.78 is 5.55. The fourth-order valence-electron chi connectivity index (χ4n) is 2.45. The molecule has 0 aliphatic carbocycles. The molecule has 0 amide bonds. The number of guanidine groups is 1. The van der Waals surface area contributed by atoms with Crippen LogP contribution < -0.4 is 5.32 Å². The molecule has 0 radical (unpaired) electrons. The highest BCUT2D eigenvalue weighted by Gasteiger charge is 2.09. The van der Waals surface area contributed by atoms with Crippen molar-refractivity contribution in [1.29, 1.82) is 0 Å². The van der Waals surface area contributed by atoms with Crippen molar-refractivity contribution in [2.45, 2.75) is 20.0 Å². The van der Waals surface area contributed by atoms with Gasteiger partial charge in [-0.1, -0.05) is 36.4 Å². The summed E-state index contributed by atoms with van der Waals surface area (Å²) in [7, 11) is 2.04. The maximum Gasteiger partial charge on any atom is 0.236 e. The molecule has 2 aromatic heterocycles. The van der Waals surface area contributed by atoms with E-state index in [0.29, 0.717) is 12.4 Å². The van der Waals surface area contributed by atoms with Gasteiger partial charge in [-0.2, -0.15) is 0 Å². The van der Waals surface area contributed by atoms with Crippen LogP contribution in [0.4, 0.5) is 0 Å². The number of nitrogens with zero attached hydrogens (tertiary/aromatic N) is 3. The Hall–Kier alpha value is -1.87. The first-order chi connectivity index (χ1) is 12.3. The monoisotopic (exact) mass is 482 g/mol. The summed E-state index contributed by atoms with van der Waals surface area (Å²) in [5.74, 6) is 1.51. The molecule has 3 rings (SSSR count). The summed E-state index contributed by atoms with van der Waals surface area (Å²) in [6.07, 6.45) is 1.68. The fourth-order valence-corrected chi connectivity index (χ4v) is 3.11. The number of benzene rings is 1. The van der Waals surface area contributed by atoms with Crippen molar-refractivity contribution in [1.82, 2.24) is 15.2 Å². The Bertz CT molecular complexity index is 802. The zero-order chi connectivity index (χ0) is 17.5. The zero-order valence-corrected chi connectivity index (χ0v) is 18.0. The molecule has 0 aliphatic heterocycles. The van der Waals surface area contributed by atoms with Crippen LogP contribution in [0.2, 0.25) is 0 Å². The van der Waals surface area contributed by atoms with Gasteiger partial charge in [-0.25, -0.2) is 9.98 Å². The Morgan fingerprint density at radius 3 is 2.73 bits per heavy atom. The molecule has 26 heavy (non-hydrogen) atoms. The van der Waals surface area contributed by atoms with E-state index < -0.39 is 0 Å². The standard InChI is InChI=1S/C19H22N4OS.HI/c1-3-20-19(23(2)13-15-8-5-4-6-9-15)21-12-16-14-24-18(22-16)17-10-7-11-25-17;/h4-11,14H,3,12-13H2,1-2H3,(H,20,21);1H. The van der Waals surface area contributed by atoms with Crippen molar-refractivity contribution < 1.29 is 4.42 Å². The van der Waals surface area contributed by atoms with Crippen molar-refractivity contribution in [2.75, 3.05) is 13.6 Å². The lowest BCUT2D eigenvalue weighted by Gasteiger charge is -2.22. The zero-order valence-electron chi connectivity index (χ0n) is 14.9. The van der Waals surface area contributed by atoms with Crippen LogP contribution in [-0.4, -0.2) is 29.4 Å². The molecule has 1 aromatic carbocycles. The van der Waals surface area contributed by atoms with Crippen molar-refractivity contribution in [2.24, 2.45) is 4.99 Å². The molecular formula is C19H23IN4OS.